The molecule has 3 rings (SSSR count). The van der Waals surface area contributed by atoms with Crippen LogP contribution in [0.1, 0.15) is 19.4 Å². The molecule has 0 aliphatic carbocycles. The Morgan fingerprint density at radius 3 is 2.48 bits per heavy atom. The summed E-state index contributed by atoms with van der Waals surface area (Å²) in [5.74, 6) is -0.710. The fraction of sp³-hybridized carbons (Fsp3) is 0.182. The minimum absolute atomic E-state index is 0.290. The molecule has 0 unspecified atom stereocenters. The van der Waals surface area contributed by atoms with E-state index >= 15 is 0 Å². The van der Waals surface area contributed by atoms with E-state index < -0.39 is 22.0 Å². The third-order valence-electron chi connectivity index (χ3n) is 4.26. The molecule has 2 aromatic carbocycles. The summed E-state index contributed by atoms with van der Waals surface area (Å²) in [5, 5.41) is 1.87. The molecule has 7 heteroatoms. The zero-order valence-corrected chi connectivity index (χ0v) is 17.0. The van der Waals surface area contributed by atoms with Crippen LogP contribution in [-0.2, 0) is 14.8 Å². The first-order valence-corrected chi connectivity index (χ1v) is 10.7. The number of ether oxygens (including phenoxy) is 1. The standard InChI is InChI=1S/C22H22N2O4S/c1-16(2)20(24-29(26,27)15-13-17-8-4-3-5-9-17)22(25)28-19-12-6-10-18-11-7-14-23-21(18)19/h3-16,20,24H,1-2H3/b15-13+/t20-/m1/s1. The van der Waals surface area contributed by atoms with Gasteiger partial charge >= 0.3 is 5.97 Å². The average Bonchev–Trinajstić information content (AvgIpc) is 2.71. The van der Waals surface area contributed by atoms with Gasteiger partial charge in [-0.3, -0.25) is 4.98 Å². The maximum atomic E-state index is 12.7. The van der Waals surface area contributed by atoms with Crippen molar-refractivity contribution in [2.45, 2.75) is 19.9 Å². The summed E-state index contributed by atoms with van der Waals surface area (Å²) in [4.78, 5) is 17.0. The second-order valence-electron chi connectivity index (χ2n) is 6.85. The molecule has 0 aliphatic rings. The highest BCUT2D eigenvalue weighted by Gasteiger charge is 2.28. The number of nitrogens with zero attached hydrogens (tertiary/aromatic N) is 1. The Balaban J connectivity index is 1.78. The van der Waals surface area contributed by atoms with Crippen LogP contribution in [0, 0.1) is 5.92 Å². The zero-order valence-electron chi connectivity index (χ0n) is 16.1. The van der Waals surface area contributed by atoms with Gasteiger partial charge in [-0.15, -0.1) is 0 Å². The number of benzene rings is 2. The van der Waals surface area contributed by atoms with E-state index in [1.165, 1.54) is 6.08 Å². The maximum absolute atomic E-state index is 12.7. The molecule has 0 amide bonds. The van der Waals surface area contributed by atoms with Gasteiger partial charge in [0.25, 0.3) is 0 Å². The van der Waals surface area contributed by atoms with Gasteiger partial charge in [-0.2, -0.15) is 4.72 Å². The first kappa shape index (κ1) is 20.7. The maximum Gasteiger partial charge on any atom is 0.329 e. The lowest BCUT2D eigenvalue weighted by Gasteiger charge is -2.20. The van der Waals surface area contributed by atoms with Gasteiger partial charge in [-0.25, -0.2) is 13.2 Å². The molecule has 6 nitrogen and oxygen atoms in total. The highest BCUT2D eigenvalue weighted by molar-refractivity contribution is 7.92. The van der Waals surface area contributed by atoms with E-state index in [0.29, 0.717) is 5.52 Å². The minimum atomic E-state index is -3.85. The zero-order chi connectivity index (χ0) is 20.9. The van der Waals surface area contributed by atoms with Crippen LogP contribution in [0.5, 0.6) is 5.75 Å². The lowest BCUT2D eigenvalue weighted by atomic mass is 10.1. The molecular formula is C22H22N2O4S. The van der Waals surface area contributed by atoms with Crippen molar-refractivity contribution in [2.75, 3.05) is 0 Å². The summed E-state index contributed by atoms with van der Waals surface area (Å²) in [6, 6.07) is 16.9. The van der Waals surface area contributed by atoms with Crippen LogP contribution in [0.4, 0.5) is 0 Å². The van der Waals surface area contributed by atoms with E-state index in [2.05, 4.69) is 9.71 Å². The lowest BCUT2D eigenvalue weighted by molar-refractivity contribution is -0.137. The molecule has 3 aromatic rings. The van der Waals surface area contributed by atoms with Crippen molar-refractivity contribution in [1.29, 1.82) is 0 Å². The van der Waals surface area contributed by atoms with Gasteiger partial charge in [0.05, 0.1) is 0 Å². The molecule has 1 N–H and O–H groups in total. The number of para-hydroxylation sites is 1. The van der Waals surface area contributed by atoms with Gasteiger partial charge < -0.3 is 4.74 Å². The Labute approximate surface area is 170 Å². The molecule has 1 heterocycles. The fourth-order valence-electron chi connectivity index (χ4n) is 2.74. The van der Waals surface area contributed by atoms with Gasteiger partial charge in [-0.1, -0.05) is 62.4 Å². The summed E-state index contributed by atoms with van der Waals surface area (Å²) in [7, 11) is -3.85. The summed E-state index contributed by atoms with van der Waals surface area (Å²) >= 11 is 0. The topological polar surface area (TPSA) is 85.4 Å². The molecule has 0 bridgehead atoms. The number of rotatable bonds is 7. The van der Waals surface area contributed by atoms with Gasteiger partial charge in [0.15, 0.2) is 5.75 Å². The van der Waals surface area contributed by atoms with Crippen LogP contribution < -0.4 is 9.46 Å². The van der Waals surface area contributed by atoms with Gasteiger partial charge in [-0.05, 0) is 29.7 Å². The Morgan fingerprint density at radius 2 is 1.76 bits per heavy atom. The molecule has 150 valence electrons. The smallest absolute Gasteiger partial charge is 0.329 e. The third kappa shape index (κ3) is 5.49. The van der Waals surface area contributed by atoms with Gasteiger partial charge in [0.1, 0.15) is 11.6 Å². The van der Waals surface area contributed by atoms with Crippen LogP contribution in [0.25, 0.3) is 17.0 Å². The Morgan fingerprint density at radius 1 is 1.03 bits per heavy atom. The molecule has 0 radical (unpaired) electrons. The number of aromatic nitrogens is 1. The van der Waals surface area contributed by atoms with Crippen LogP contribution in [0.2, 0.25) is 0 Å². The van der Waals surface area contributed by atoms with Crippen molar-refractivity contribution >= 4 is 33.0 Å². The number of sulfonamides is 1. The molecule has 0 saturated carbocycles. The summed E-state index contributed by atoms with van der Waals surface area (Å²) in [6.45, 7) is 3.49. The highest BCUT2D eigenvalue weighted by atomic mass is 32.2. The molecule has 1 atom stereocenters. The highest BCUT2D eigenvalue weighted by Crippen LogP contribution is 2.24. The normalized spacial score (nSPS) is 13.1. The first-order valence-electron chi connectivity index (χ1n) is 9.16. The quantitative estimate of drug-likeness (QED) is 0.474. The first-order chi connectivity index (χ1) is 13.9. The average molecular weight is 410 g/mol. The Kier molecular flexibility index (Phi) is 6.41. The van der Waals surface area contributed by atoms with E-state index in [1.54, 1.807) is 50.4 Å². The van der Waals surface area contributed by atoms with Crippen molar-refractivity contribution < 1.29 is 17.9 Å². The second-order valence-corrected chi connectivity index (χ2v) is 8.45. The number of carbonyl (C=O) groups is 1. The predicted octanol–water partition coefficient (Wildman–Crippen LogP) is 3.76. The van der Waals surface area contributed by atoms with Crippen molar-refractivity contribution in [3.63, 3.8) is 0 Å². The van der Waals surface area contributed by atoms with Gasteiger partial charge in [0, 0.05) is 17.0 Å². The van der Waals surface area contributed by atoms with E-state index in [-0.39, 0.29) is 11.7 Å². The van der Waals surface area contributed by atoms with Crippen molar-refractivity contribution in [2.24, 2.45) is 5.92 Å². The summed E-state index contributed by atoms with van der Waals surface area (Å²) in [5.41, 5.74) is 1.28. The number of fused-ring (bicyclic) bond motifs is 1. The second kappa shape index (κ2) is 8.98. The van der Waals surface area contributed by atoms with E-state index in [9.17, 15) is 13.2 Å². The van der Waals surface area contributed by atoms with Crippen LogP contribution in [0.15, 0.2) is 72.3 Å². The molecule has 1 aromatic heterocycles. The number of nitrogens with one attached hydrogen (secondary N) is 1. The van der Waals surface area contributed by atoms with Crippen LogP contribution in [-0.4, -0.2) is 25.4 Å². The van der Waals surface area contributed by atoms with Crippen molar-refractivity contribution in [3.05, 3.63) is 77.8 Å². The number of carbonyl (C=O) groups excluding carboxylic acids is 1. The number of pyridine rings is 1. The largest absolute Gasteiger partial charge is 0.423 e. The number of hydrogen-bond acceptors (Lipinski definition) is 5. The summed E-state index contributed by atoms with van der Waals surface area (Å²) < 4.78 is 32.9. The van der Waals surface area contributed by atoms with Crippen molar-refractivity contribution in [3.8, 4) is 5.75 Å². The summed E-state index contributed by atoms with van der Waals surface area (Å²) in [6.07, 6.45) is 3.08. The van der Waals surface area contributed by atoms with E-state index in [0.717, 1.165) is 16.4 Å². The van der Waals surface area contributed by atoms with Crippen molar-refractivity contribution in [1.82, 2.24) is 9.71 Å². The van der Waals surface area contributed by atoms with Crippen LogP contribution in [0.3, 0.4) is 0 Å². The Hall–Kier alpha value is -3.03. The predicted molar refractivity (Wildman–Crippen MR) is 114 cm³/mol. The molecule has 0 aliphatic heterocycles. The molecule has 0 spiro atoms. The third-order valence-corrected chi connectivity index (χ3v) is 5.33. The SMILES string of the molecule is CC(C)[C@@H](NS(=O)(=O)/C=C/c1ccccc1)C(=O)Oc1cccc2cccnc12. The fourth-order valence-corrected chi connectivity index (χ4v) is 3.87. The van der Waals surface area contributed by atoms with E-state index in [1.807, 2.05) is 30.3 Å². The van der Waals surface area contributed by atoms with E-state index in [4.69, 9.17) is 4.74 Å². The lowest BCUT2D eigenvalue weighted by Crippen LogP contribution is -2.45. The molecule has 0 saturated heterocycles. The number of hydrogen-bond donors (Lipinski definition) is 1. The van der Waals surface area contributed by atoms with Gasteiger partial charge in [0.2, 0.25) is 10.0 Å². The Bertz CT molecular complexity index is 1120. The molecule has 29 heavy (non-hydrogen) atoms. The molecule has 0 fully saturated rings. The monoisotopic (exact) mass is 410 g/mol. The molecular weight excluding hydrogens is 388 g/mol. The van der Waals surface area contributed by atoms with Crippen LogP contribution >= 0.6 is 0 Å². The number of esters is 1. The minimum Gasteiger partial charge on any atom is -0.423 e.